The lowest BCUT2D eigenvalue weighted by atomic mass is 10.1. The van der Waals surface area contributed by atoms with Gasteiger partial charge >= 0.3 is 0 Å². The maximum atomic E-state index is 12.8. The molecule has 4 heteroatoms. The van der Waals surface area contributed by atoms with Crippen molar-refractivity contribution in [3.05, 3.63) is 47.7 Å². The Bertz CT molecular complexity index is 338. The van der Waals surface area contributed by atoms with Crippen LogP contribution in [0.4, 0.5) is 8.78 Å². The van der Waals surface area contributed by atoms with Gasteiger partial charge in [0.2, 0.25) is 0 Å². The van der Waals surface area contributed by atoms with Crippen LogP contribution in [0.3, 0.4) is 0 Å². The average Bonchev–Trinajstić information content (AvgIpc) is 2.04. The first-order valence-corrected chi connectivity index (χ1v) is 3.46. The first kappa shape index (κ1) is 9.38. The van der Waals surface area contributed by atoms with Crippen molar-refractivity contribution in [1.29, 1.82) is 0 Å². The fraction of sp³-hybridized carbons (Fsp3) is 0. The zero-order valence-electron chi connectivity index (χ0n) is 6.50. The second-order valence-corrected chi connectivity index (χ2v) is 2.28. The predicted octanol–water partition coefficient (Wildman–Crippen LogP) is 2.22. The summed E-state index contributed by atoms with van der Waals surface area (Å²) in [6, 6.07) is 3.10. The summed E-state index contributed by atoms with van der Waals surface area (Å²) in [6.07, 6.45) is 1.12. The normalized spacial score (nSPS) is 10.6. The highest BCUT2D eigenvalue weighted by molar-refractivity contribution is 6.04. The van der Waals surface area contributed by atoms with E-state index in [2.05, 4.69) is 0 Å². The molecular formula is C9H6F2O2. The second-order valence-electron chi connectivity index (χ2n) is 2.28. The third-order valence-electron chi connectivity index (χ3n) is 1.44. The van der Waals surface area contributed by atoms with E-state index in [1.54, 1.807) is 0 Å². The van der Waals surface area contributed by atoms with Crippen molar-refractivity contribution in [3.8, 4) is 0 Å². The molecule has 0 saturated heterocycles. The fourth-order valence-corrected chi connectivity index (χ4v) is 0.884. The minimum atomic E-state index is -0.942. The van der Waals surface area contributed by atoms with Crippen molar-refractivity contribution >= 4 is 5.78 Å². The molecule has 0 amide bonds. The van der Waals surface area contributed by atoms with E-state index in [0.29, 0.717) is 12.3 Å². The quantitative estimate of drug-likeness (QED) is 0.434. The van der Waals surface area contributed by atoms with Crippen LogP contribution in [0.25, 0.3) is 0 Å². The lowest BCUT2D eigenvalue weighted by Gasteiger charge is -1.98. The van der Waals surface area contributed by atoms with Gasteiger partial charge in [0.25, 0.3) is 0 Å². The van der Waals surface area contributed by atoms with Crippen LogP contribution < -0.4 is 0 Å². The van der Waals surface area contributed by atoms with Crippen LogP contribution in [0.5, 0.6) is 0 Å². The van der Waals surface area contributed by atoms with E-state index < -0.39 is 23.0 Å². The smallest absolute Gasteiger partial charge is 0.194 e. The number of ketones is 1. The summed E-state index contributed by atoms with van der Waals surface area (Å²) in [6.45, 7) is 0. The Hall–Kier alpha value is -1.71. The molecule has 0 atom stereocenters. The van der Waals surface area contributed by atoms with Crippen molar-refractivity contribution < 1.29 is 18.7 Å². The molecule has 2 nitrogen and oxygen atoms in total. The van der Waals surface area contributed by atoms with Crippen LogP contribution >= 0.6 is 0 Å². The van der Waals surface area contributed by atoms with Gasteiger partial charge in [-0.15, -0.1) is 0 Å². The van der Waals surface area contributed by atoms with E-state index in [1.165, 1.54) is 0 Å². The minimum Gasteiger partial charge on any atom is -0.515 e. The van der Waals surface area contributed by atoms with E-state index in [-0.39, 0.29) is 0 Å². The highest BCUT2D eigenvalue weighted by Crippen LogP contribution is 2.12. The van der Waals surface area contributed by atoms with Crippen molar-refractivity contribution in [2.75, 3.05) is 0 Å². The molecule has 0 aliphatic heterocycles. The first-order valence-electron chi connectivity index (χ1n) is 3.46. The lowest BCUT2D eigenvalue weighted by Crippen LogP contribution is -2.02. The van der Waals surface area contributed by atoms with E-state index >= 15 is 0 Å². The summed E-state index contributed by atoms with van der Waals surface area (Å²) in [5.74, 6) is -2.79. The number of halogens is 2. The zero-order valence-corrected chi connectivity index (χ0v) is 6.50. The maximum Gasteiger partial charge on any atom is 0.194 e. The molecule has 1 rings (SSSR count). The highest BCUT2D eigenvalue weighted by Gasteiger charge is 2.13. The number of carbonyl (C=O) groups is 1. The Morgan fingerprint density at radius 1 is 1.31 bits per heavy atom. The summed E-state index contributed by atoms with van der Waals surface area (Å²) in [5.41, 5.74) is -0.659. The number of allylic oxidation sites excluding steroid dienone is 1. The van der Waals surface area contributed by atoms with Gasteiger partial charge in [-0.25, -0.2) is 8.78 Å². The molecule has 0 aliphatic carbocycles. The van der Waals surface area contributed by atoms with Crippen LogP contribution in [-0.4, -0.2) is 10.9 Å². The van der Waals surface area contributed by atoms with E-state index in [0.717, 1.165) is 18.2 Å². The monoisotopic (exact) mass is 184 g/mol. The fourth-order valence-electron chi connectivity index (χ4n) is 0.884. The Balaban J connectivity index is 3.20. The van der Waals surface area contributed by atoms with Gasteiger partial charge in [0.05, 0.1) is 11.8 Å². The van der Waals surface area contributed by atoms with E-state index in [1.807, 2.05) is 0 Å². The number of aliphatic hydroxyl groups is 1. The van der Waals surface area contributed by atoms with Gasteiger partial charge < -0.3 is 5.11 Å². The van der Waals surface area contributed by atoms with Crippen molar-refractivity contribution in [2.24, 2.45) is 0 Å². The molecule has 13 heavy (non-hydrogen) atoms. The van der Waals surface area contributed by atoms with Gasteiger partial charge in [0.1, 0.15) is 11.6 Å². The van der Waals surface area contributed by atoms with Crippen LogP contribution in [-0.2, 0) is 0 Å². The first-order chi connectivity index (χ1) is 6.16. The molecule has 0 heterocycles. The third-order valence-corrected chi connectivity index (χ3v) is 1.44. The van der Waals surface area contributed by atoms with E-state index in [9.17, 15) is 13.6 Å². The van der Waals surface area contributed by atoms with Gasteiger partial charge in [0, 0.05) is 6.08 Å². The Labute approximate surface area is 73.1 Å². The Kier molecular flexibility index (Phi) is 2.74. The molecule has 0 bridgehead atoms. The van der Waals surface area contributed by atoms with Gasteiger partial charge in [-0.3, -0.25) is 4.79 Å². The van der Waals surface area contributed by atoms with Crippen LogP contribution in [0.1, 0.15) is 10.4 Å². The number of rotatable bonds is 2. The molecule has 0 fully saturated rings. The number of hydrogen-bond acceptors (Lipinski definition) is 2. The molecule has 0 aromatic heterocycles. The molecule has 0 radical (unpaired) electrons. The molecular weight excluding hydrogens is 178 g/mol. The van der Waals surface area contributed by atoms with Gasteiger partial charge in [-0.2, -0.15) is 0 Å². The van der Waals surface area contributed by atoms with Crippen LogP contribution in [0, 0.1) is 11.6 Å². The summed E-state index contributed by atoms with van der Waals surface area (Å²) in [4.78, 5) is 11.0. The van der Waals surface area contributed by atoms with Gasteiger partial charge in [-0.1, -0.05) is 6.07 Å². The van der Waals surface area contributed by atoms with Crippen molar-refractivity contribution in [2.45, 2.75) is 0 Å². The lowest BCUT2D eigenvalue weighted by molar-refractivity contribution is 0.103. The van der Waals surface area contributed by atoms with Crippen molar-refractivity contribution in [3.63, 3.8) is 0 Å². The average molecular weight is 184 g/mol. The molecule has 1 N–H and O–H groups in total. The van der Waals surface area contributed by atoms with E-state index in [4.69, 9.17) is 5.11 Å². The molecule has 0 saturated carbocycles. The molecule has 68 valence electrons. The van der Waals surface area contributed by atoms with Gasteiger partial charge in [0.15, 0.2) is 5.78 Å². The maximum absolute atomic E-state index is 12.8. The Morgan fingerprint density at radius 3 is 2.31 bits per heavy atom. The Morgan fingerprint density at radius 2 is 1.85 bits per heavy atom. The second kappa shape index (κ2) is 3.80. The summed E-state index contributed by atoms with van der Waals surface area (Å²) < 4.78 is 25.7. The van der Waals surface area contributed by atoms with Crippen LogP contribution in [0.15, 0.2) is 30.5 Å². The largest absolute Gasteiger partial charge is 0.515 e. The topological polar surface area (TPSA) is 37.3 Å². The predicted molar refractivity (Wildman–Crippen MR) is 42.5 cm³/mol. The number of aliphatic hydroxyl groups excluding tert-OH is 1. The van der Waals surface area contributed by atoms with Crippen LogP contribution in [0.2, 0.25) is 0 Å². The molecule has 0 unspecified atom stereocenters. The number of carbonyl (C=O) groups excluding carboxylic acids is 1. The van der Waals surface area contributed by atoms with Gasteiger partial charge in [-0.05, 0) is 12.1 Å². The van der Waals surface area contributed by atoms with Crippen molar-refractivity contribution in [1.82, 2.24) is 0 Å². The molecule has 1 aromatic carbocycles. The highest BCUT2D eigenvalue weighted by atomic mass is 19.1. The summed E-state index contributed by atoms with van der Waals surface area (Å²) in [7, 11) is 0. The molecule has 1 aromatic rings. The summed E-state index contributed by atoms with van der Waals surface area (Å²) in [5, 5.41) is 8.23. The SMILES string of the molecule is O=C(C=CO)c1c(F)cccc1F. The molecule has 0 spiro atoms. The zero-order chi connectivity index (χ0) is 9.84. The third kappa shape index (κ3) is 1.90. The number of benzene rings is 1. The summed E-state index contributed by atoms with van der Waals surface area (Å²) >= 11 is 0. The minimum absolute atomic E-state index is 0.439. The number of hydrogen-bond donors (Lipinski definition) is 1. The standard InChI is InChI=1S/C9H6F2O2/c10-6-2-1-3-7(11)9(6)8(13)4-5-12/h1-5,12H. The molecule has 0 aliphatic rings.